The van der Waals surface area contributed by atoms with Gasteiger partial charge in [-0.3, -0.25) is 0 Å². The topological polar surface area (TPSA) is 61.8 Å². The second kappa shape index (κ2) is 5.12. The highest BCUT2D eigenvalue weighted by molar-refractivity contribution is 5.87. The number of rotatable bonds is 0. The van der Waals surface area contributed by atoms with Crippen LogP contribution in [0.25, 0.3) is 10.8 Å². The van der Waals surface area contributed by atoms with Crippen molar-refractivity contribution >= 4 is 10.8 Å². The molecule has 0 radical (unpaired) electrons. The molecule has 0 unspecified atom stereocenters. The molecule has 0 fully saturated rings. The molecule has 0 saturated carbocycles. The van der Waals surface area contributed by atoms with E-state index in [1.807, 2.05) is 43.3 Å². The van der Waals surface area contributed by atoms with Crippen LogP contribution < -0.4 is 0 Å². The zero-order valence-electron chi connectivity index (χ0n) is 9.46. The standard InChI is InChI=1S/C10H8O.C3H5N3/c11-10-7-3-5-8-4-1-2-6-9(8)10;1-3-2-4-6-5-3/h1-7,11H;2H,1H3,(H,4,5,6). The molecule has 2 N–H and O–H groups in total. The lowest BCUT2D eigenvalue weighted by Crippen LogP contribution is -1.70. The van der Waals surface area contributed by atoms with Crippen molar-refractivity contribution in [2.24, 2.45) is 0 Å². The van der Waals surface area contributed by atoms with Gasteiger partial charge in [-0.15, -0.1) is 0 Å². The molecule has 0 spiro atoms. The maximum absolute atomic E-state index is 9.37. The maximum atomic E-state index is 9.37. The molecule has 1 heterocycles. The first-order valence-corrected chi connectivity index (χ1v) is 5.26. The van der Waals surface area contributed by atoms with Crippen LogP contribution in [0.1, 0.15) is 5.69 Å². The van der Waals surface area contributed by atoms with Gasteiger partial charge in [0, 0.05) is 5.39 Å². The van der Waals surface area contributed by atoms with Gasteiger partial charge in [0.25, 0.3) is 0 Å². The van der Waals surface area contributed by atoms with Crippen LogP contribution in [0.2, 0.25) is 0 Å². The van der Waals surface area contributed by atoms with E-state index in [2.05, 4.69) is 15.4 Å². The molecule has 0 atom stereocenters. The molecular formula is C13H13N3O. The van der Waals surface area contributed by atoms with Crippen molar-refractivity contribution in [3.63, 3.8) is 0 Å². The summed E-state index contributed by atoms with van der Waals surface area (Å²) < 4.78 is 0. The quantitative estimate of drug-likeness (QED) is 0.620. The summed E-state index contributed by atoms with van der Waals surface area (Å²) in [5, 5.41) is 21.1. The molecule has 0 aliphatic rings. The third-order valence-corrected chi connectivity index (χ3v) is 2.30. The number of hydrogen-bond donors (Lipinski definition) is 2. The van der Waals surface area contributed by atoms with E-state index >= 15 is 0 Å². The van der Waals surface area contributed by atoms with Gasteiger partial charge in [0.2, 0.25) is 0 Å². The molecule has 0 aliphatic carbocycles. The molecule has 4 heteroatoms. The van der Waals surface area contributed by atoms with Crippen LogP contribution >= 0.6 is 0 Å². The molecule has 0 saturated heterocycles. The minimum atomic E-state index is 0.350. The van der Waals surface area contributed by atoms with E-state index in [4.69, 9.17) is 0 Å². The number of aryl methyl sites for hydroxylation is 1. The van der Waals surface area contributed by atoms with Crippen LogP contribution in [0, 0.1) is 6.92 Å². The van der Waals surface area contributed by atoms with Gasteiger partial charge in [0.15, 0.2) is 0 Å². The summed E-state index contributed by atoms with van der Waals surface area (Å²) in [6, 6.07) is 13.3. The Labute approximate surface area is 98.9 Å². The van der Waals surface area contributed by atoms with E-state index < -0.39 is 0 Å². The second-order valence-electron chi connectivity index (χ2n) is 3.61. The Hall–Kier alpha value is -2.36. The molecule has 3 rings (SSSR count). The molecule has 86 valence electrons. The SMILES string of the molecule is Cc1cn[nH]n1.Oc1cccc2ccccc12. The van der Waals surface area contributed by atoms with Crippen molar-refractivity contribution in [1.29, 1.82) is 0 Å². The Kier molecular flexibility index (Phi) is 3.35. The number of nitrogens with one attached hydrogen (secondary N) is 1. The van der Waals surface area contributed by atoms with Crippen molar-refractivity contribution < 1.29 is 5.11 Å². The lowest BCUT2D eigenvalue weighted by Gasteiger charge is -1.97. The summed E-state index contributed by atoms with van der Waals surface area (Å²) in [7, 11) is 0. The monoisotopic (exact) mass is 227 g/mol. The largest absolute Gasteiger partial charge is 0.507 e. The fourth-order valence-electron chi connectivity index (χ4n) is 1.47. The fraction of sp³-hybridized carbons (Fsp3) is 0.0769. The first kappa shape index (κ1) is 11.1. The number of aromatic hydroxyl groups is 1. The van der Waals surface area contributed by atoms with Crippen molar-refractivity contribution in [3.8, 4) is 5.75 Å². The van der Waals surface area contributed by atoms with Gasteiger partial charge < -0.3 is 5.11 Å². The third kappa shape index (κ3) is 2.81. The average molecular weight is 227 g/mol. The Morgan fingerprint density at radius 3 is 2.41 bits per heavy atom. The van der Waals surface area contributed by atoms with Gasteiger partial charge in [-0.05, 0) is 18.4 Å². The maximum Gasteiger partial charge on any atom is 0.123 e. The summed E-state index contributed by atoms with van der Waals surface area (Å²) >= 11 is 0. The molecule has 3 aromatic rings. The Morgan fingerprint density at radius 1 is 1.06 bits per heavy atom. The number of phenolic OH excluding ortho intramolecular Hbond substituents is 1. The van der Waals surface area contributed by atoms with Crippen molar-refractivity contribution in [1.82, 2.24) is 15.4 Å². The average Bonchev–Trinajstić information content (AvgIpc) is 2.82. The summed E-state index contributed by atoms with van der Waals surface area (Å²) in [6.45, 7) is 1.88. The molecular weight excluding hydrogens is 214 g/mol. The van der Waals surface area contributed by atoms with Crippen LogP contribution in [0.4, 0.5) is 0 Å². The van der Waals surface area contributed by atoms with Crippen LogP contribution in [0.15, 0.2) is 48.7 Å². The number of aromatic amines is 1. The van der Waals surface area contributed by atoms with E-state index in [1.165, 1.54) is 0 Å². The lowest BCUT2D eigenvalue weighted by atomic mass is 10.1. The van der Waals surface area contributed by atoms with E-state index in [-0.39, 0.29) is 0 Å². The molecule has 1 aromatic heterocycles. The van der Waals surface area contributed by atoms with Gasteiger partial charge in [-0.1, -0.05) is 36.4 Å². The molecule has 0 aliphatic heterocycles. The smallest absolute Gasteiger partial charge is 0.123 e. The van der Waals surface area contributed by atoms with Gasteiger partial charge in [0.05, 0.1) is 11.9 Å². The number of aromatic nitrogens is 3. The fourth-order valence-corrected chi connectivity index (χ4v) is 1.47. The van der Waals surface area contributed by atoms with E-state index in [9.17, 15) is 5.11 Å². The highest BCUT2D eigenvalue weighted by Gasteiger charge is 1.94. The van der Waals surface area contributed by atoms with Crippen molar-refractivity contribution in [2.45, 2.75) is 6.92 Å². The number of phenols is 1. The predicted octanol–water partition coefficient (Wildman–Crippen LogP) is 2.66. The number of hydrogen-bond acceptors (Lipinski definition) is 3. The Balaban J connectivity index is 0.000000153. The number of H-pyrrole nitrogens is 1. The number of nitrogens with zero attached hydrogens (tertiary/aromatic N) is 2. The summed E-state index contributed by atoms with van der Waals surface area (Å²) in [6.07, 6.45) is 1.67. The summed E-state index contributed by atoms with van der Waals surface area (Å²) in [4.78, 5) is 0. The van der Waals surface area contributed by atoms with Crippen molar-refractivity contribution in [2.75, 3.05) is 0 Å². The molecule has 17 heavy (non-hydrogen) atoms. The number of benzene rings is 2. The minimum absolute atomic E-state index is 0.350. The highest BCUT2D eigenvalue weighted by Crippen LogP contribution is 2.22. The first-order valence-electron chi connectivity index (χ1n) is 5.26. The predicted molar refractivity (Wildman–Crippen MR) is 66.7 cm³/mol. The van der Waals surface area contributed by atoms with Crippen LogP contribution in [0.5, 0.6) is 5.75 Å². The summed E-state index contributed by atoms with van der Waals surface area (Å²) in [5.41, 5.74) is 0.926. The van der Waals surface area contributed by atoms with E-state index in [1.54, 1.807) is 12.3 Å². The first-order chi connectivity index (χ1) is 8.27. The molecule has 2 aromatic carbocycles. The van der Waals surface area contributed by atoms with E-state index in [0.717, 1.165) is 16.5 Å². The minimum Gasteiger partial charge on any atom is -0.507 e. The zero-order chi connectivity index (χ0) is 12.1. The van der Waals surface area contributed by atoms with Gasteiger partial charge in [0.1, 0.15) is 5.75 Å². The normalized spacial score (nSPS) is 9.71. The van der Waals surface area contributed by atoms with Crippen LogP contribution in [-0.4, -0.2) is 20.5 Å². The van der Waals surface area contributed by atoms with Gasteiger partial charge >= 0.3 is 0 Å². The van der Waals surface area contributed by atoms with Crippen molar-refractivity contribution in [3.05, 3.63) is 54.4 Å². The van der Waals surface area contributed by atoms with Gasteiger partial charge in [-0.25, -0.2) is 0 Å². The Bertz CT molecular complexity index is 585. The van der Waals surface area contributed by atoms with Gasteiger partial charge in [-0.2, -0.15) is 15.4 Å². The molecule has 0 bridgehead atoms. The zero-order valence-corrected chi connectivity index (χ0v) is 9.46. The third-order valence-electron chi connectivity index (χ3n) is 2.30. The number of fused-ring (bicyclic) bond motifs is 1. The molecule has 4 nitrogen and oxygen atoms in total. The lowest BCUT2D eigenvalue weighted by molar-refractivity contribution is 0.481. The molecule has 0 amide bonds. The second-order valence-corrected chi connectivity index (χ2v) is 3.61. The van der Waals surface area contributed by atoms with Crippen LogP contribution in [0.3, 0.4) is 0 Å². The van der Waals surface area contributed by atoms with Crippen LogP contribution in [-0.2, 0) is 0 Å². The Morgan fingerprint density at radius 2 is 1.82 bits per heavy atom. The highest BCUT2D eigenvalue weighted by atomic mass is 16.3. The summed E-state index contributed by atoms with van der Waals surface area (Å²) in [5.74, 6) is 0.350. The van der Waals surface area contributed by atoms with E-state index in [0.29, 0.717) is 5.75 Å².